The van der Waals surface area contributed by atoms with E-state index in [2.05, 4.69) is 11.3 Å². The largest absolute Gasteiger partial charge is 0.466 e. The first-order chi connectivity index (χ1) is 8.88. The van der Waals surface area contributed by atoms with Crippen molar-refractivity contribution in [2.24, 2.45) is 5.92 Å². The molecular formula is C13H15NO5. The van der Waals surface area contributed by atoms with Gasteiger partial charge in [-0.15, -0.1) is 0 Å². The van der Waals surface area contributed by atoms with E-state index >= 15 is 0 Å². The summed E-state index contributed by atoms with van der Waals surface area (Å²) in [5.41, 5.74) is 0.562. The van der Waals surface area contributed by atoms with Crippen LogP contribution in [0.1, 0.15) is 18.6 Å². The van der Waals surface area contributed by atoms with E-state index in [9.17, 15) is 20.0 Å². The molecule has 19 heavy (non-hydrogen) atoms. The standard InChI is InChI=1S/C13H15NO5/c1-8(9(2)13(16)19-3)12(15)10-4-6-11(7-5-10)14(17)18/h4-8,12,15H,2H2,1,3H3/t8-,12+/m1/s1. The Balaban J connectivity index is 2.87. The van der Waals surface area contributed by atoms with Gasteiger partial charge in [0, 0.05) is 23.6 Å². The zero-order valence-electron chi connectivity index (χ0n) is 10.7. The number of carbonyl (C=O) groups excluding carboxylic acids is 1. The van der Waals surface area contributed by atoms with Crippen LogP contribution in [0.25, 0.3) is 0 Å². The lowest BCUT2D eigenvalue weighted by molar-refractivity contribution is -0.384. The number of nitrogens with zero attached hydrogens (tertiary/aromatic N) is 1. The summed E-state index contributed by atoms with van der Waals surface area (Å²) in [7, 11) is 1.23. The summed E-state index contributed by atoms with van der Waals surface area (Å²) in [5.74, 6) is -1.14. The van der Waals surface area contributed by atoms with Crippen LogP contribution in [-0.2, 0) is 9.53 Å². The molecule has 0 bridgehead atoms. The molecule has 1 rings (SSSR count). The first-order valence-corrected chi connectivity index (χ1v) is 5.58. The van der Waals surface area contributed by atoms with Crippen molar-refractivity contribution in [2.45, 2.75) is 13.0 Å². The summed E-state index contributed by atoms with van der Waals surface area (Å²) in [6, 6.07) is 5.49. The van der Waals surface area contributed by atoms with Gasteiger partial charge in [0.2, 0.25) is 0 Å². The molecule has 1 aromatic carbocycles. The number of nitro benzene ring substituents is 1. The first-order valence-electron chi connectivity index (χ1n) is 5.58. The molecule has 0 saturated heterocycles. The molecule has 0 amide bonds. The lowest BCUT2D eigenvalue weighted by Crippen LogP contribution is -2.18. The number of benzene rings is 1. The van der Waals surface area contributed by atoms with Crippen molar-refractivity contribution in [3.05, 3.63) is 52.1 Å². The van der Waals surface area contributed by atoms with E-state index in [1.165, 1.54) is 31.4 Å². The van der Waals surface area contributed by atoms with E-state index in [1.54, 1.807) is 6.92 Å². The predicted molar refractivity (Wildman–Crippen MR) is 68.4 cm³/mol. The summed E-state index contributed by atoms with van der Waals surface area (Å²) < 4.78 is 4.53. The zero-order chi connectivity index (χ0) is 14.6. The zero-order valence-corrected chi connectivity index (χ0v) is 10.7. The molecule has 0 aromatic heterocycles. The minimum Gasteiger partial charge on any atom is -0.466 e. The van der Waals surface area contributed by atoms with Crippen molar-refractivity contribution in [2.75, 3.05) is 7.11 Å². The predicted octanol–water partition coefficient (Wildman–Crippen LogP) is 1.99. The van der Waals surface area contributed by atoms with E-state index in [4.69, 9.17) is 0 Å². The third-order valence-electron chi connectivity index (χ3n) is 2.92. The molecule has 0 aliphatic rings. The van der Waals surface area contributed by atoms with Crippen LogP contribution in [0.15, 0.2) is 36.4 Å². The van der Waals surface area contributed by atoms with Crippen molar-refractivity contribution < 1.29 is 19.6 Å². The van der Waals surface area contributed by atoms with Crippen molar-refractivity contribution in [1.29, 1.82) is 0 Å². The number of hydrogen-bond donors (Lipinski definition) is 1. The second-order valence-electron chi connectivity index (χ2n) is 4.10. The summed E-state index contributed by atoms with van der Waals surface area (Å²) in [6.45, 7) is 5.21. The highest BCUT2D eigenvalue weighted by molar-refractivity contribution is 5.88. The molecule has 0 fully saturated rings. The van der Waals surface area contributed by atoms with Gasteiger partial charge in [0.15, 0.2) is 0 Å². The van der Waals surface area contributed by atoms with Gasteiger partial charge in [-0.05, 0) is 17.7 Å². The molecule has 0 heterocycles. The molecule has 6 heteroatoms. The normalized spacial score (nSPS) is 13.4. The SMILES string of the molecule is C=C(C(=O)OC)[C@@H](C)[C@H](O)c1ccc([N+](=O)[O-])cc1. The minimum atomic E-state index is -0.979. The fourth-order valence-electron chi connectivity index (χ4n) is 1.59. The van der Waals surface area contributed by atoms with Crippen molar-refractivity contribution in [1.82, 2.24) is 0 Å². The third-order valence-corrected chi connectivity index (χ3v) is 2.92. The Labute approximate surface area is 110 Å². The Morgan fingerprint density at radius 3 is 2.37 bits per heavy atom. The number of rotatable bonds is 5. The molecule has 0 unspecified atom stereocenters. The molecule has 0 saturated carbocycles. The fraction of sp³-hybridized carbons (Fsp3) is 0.308. The van der Waals surface area contributed by atoms with Gasteiger partial charge in [0.25, 0.3) is 5.69 Å². The number of non-ortho nitro benzene ring substituents is 1. The van der Waals surface area contributed by atoms with E-state index in [0.29, 0.717) is 5.56 Å². The number of nitro groups is 1. The molecule has 0 radical (unpaired) electrons. The van der Waals surface area contributed by atoms with Gasteiger partial charge in [-0.25, -0.2) is 4.79 Å². The van der Waals surface area contributed by atoms with Gasteiger partial charge in [-0.1, -0.05) is 13.5 Å². The summed E-state index contributed by atoms with van der Waals surface area (Å²) in [5, 5.41) is 20.6. The monoisotopic (exact) mass is 265 g/mol. The summed E-state index contributed by atoms with van der Waals surface area (Å²) in [6.07, 6.45) is -0.979. The van der Waals surface area contributed by atoms with Crippen LogP contribution in [0.5, 0.6) is 0 Å². The van der Waals surface area contributed by atoms with Gasteiger partial charge < -0.3 is 9.84 Å². The fourth-order valence-corrected chi connectivity index (χ4v) is 1.59. The highest BCUT2D eigenvalue weighted by atomic mass is 16.6. The quantitative estimate of drug-likeness (QED) is 0.380. The smallest absolute Gasteiger partial charge is 0.333 e. The molecule has 0 aliphatic heterocycles. The molecule has 1 aromatic rings. The minimum absolute atomic E-state index is 0.0598. The third kappa shape index (κ3) is 3.38. The molecule has 102 valence electrons. The molecule has 6 nitrogen and oxygen atoms in total. The Morgan fingerprint density at radius 1 is 1.42 bits per heavy atom. The van der Waals surface area contributed by atoms with Crippen molar-refractivity contribution in [3.63, 3.8) is 0 Å². The van der Waals surface area contributed by atoms with Crippen molar-refractivity contribution in [3.8, 4) is 0 Å². The molecule has 2 atom stereocenters. The summed E-state index contributed by atoms with van der Waals surface area (Å²) >= 11 is 0. The van der Waals surface area contributed by atoms with Crippen molar-refractivity contribution >= 4 is 11.7 Å². The lowest BCUT2D eigenvalue weighted by atomic mass is 9.91. The molecular weight excluding hydrogens is 250 g/mol. The number of esters is 1. The number of carbonyl (C=O) groups is 1. The highest BCUT2D eigenvalue weighted by Crippen LogP contribution is 2.28. The Hall–Kier alpha value is -2.21. The number of aliphatic hydroxyl groups is 1. The Bertz CT molecular complexity index is 494. The lowest BCUT2D eigenvalue weighted by Gasteiger charge is -2.19. The van der Waals surface area contributed by atoms with E-state index in [0.717, 1.165) is 0 Å². The van der Waals surface area contributed by atoms with E-state index in [-0.39, 0.29) is 11.3 Å². The average molecular weight is 265 g/mol. The van der Waals surface area contributed by atoms with Gasteiger partial charge in [-0.2, -0.15) is 0 Å². The maximum atomic E-state index is 11.3. The molecule has 0 aliphatic carbocycles. The number of aliphatic hydroxyl groups excluding tert-OH is 1. The van der Waals surface area contributed by atoms with Crippen LogP contribution in [0.3, 0.4) is 0 Å². The van der Waals surface area contributed by atoms with Gasteiger partial charge in [-0.3, -0.25) is 10.1 Å². The maximum Gasteiger partial charge on any atom is 0.333 e. The average Bonchev–Trinajstić information content (AvgIpc) is 2.44. The van der Waals surface area contributed by atoms with Crippen LogP contribution in [-0.4, -0.2) is 23.1 Å². The molecule has 0 spiro atoms. The van der Waals surface area contributed by atoms with Crippen LogP contribution in [0, 0.1) is 16.0 Å². The number of hydrogen-bond acceptors (Lipinski definition) is 5. The van der Waals surface area contributed by atoms with E-state index < -0.39 is 22.9 Å². The highest BCUT2D eigenvalue weighted by Gasteiger charge is 2.24. The van der Waals surface area contributed by atoms with Gasteiger partial charge >= 0.3 is 5.97 Å². The van der Waals surface area contributed by atoms with Gasteiger partial charge in [0.1, 0.15) is 0 Å². The van der Waals surface area contributed by atoms with E-state index in [1.807, 2.05) is 0 Å². The first kappa shape index (κ1) is 14.8. The Kier molecular flexibility index (Phi) is 4.77. The van der Waals surface area contributed by atoms with Crippen LogP contribution >= 0.6 is 0 Å². The number of methoxy groups -OCH3 is 1. The van der Waals surface area contributed by atoms with Crippen LogP contribution < -0.4 is 0 Å². The van der Waals surface area contributed by atoms with Crippen LogP contribution in [0.2, 0.25) is 0 Å². The molecule has 1 N–H and O–H groups in total. The summed E-state index contributed by atoms with van der Waals surface area (Å²) in [4.78, 5) is 21.3. The van der Waals surface area contributed by atoms with Crippen LogP contribution in [0.4, 0.5) is 5.69 Å². The maximum absolute atomic E-state index is 11.3. The topological polar surface area (TPSA) is 89.7 Å². The Morgan fingerprint density at radius 2 is 1.95 bits per heavy atom. The van der Waals surface area contributed by atoms with Gasteiger partial charge in [0.05, 0.1) is 18.1 Å². The number of ether oxygens (including phenoxy) is 1. The second-order valence-corrected chi connectivity index (χ2v) is 4.10. The second kappa shape index (κ2) is 6.10.